The third-order valence-electron chi connectivity index (χ3n) is 2.97. The second-order valence-electron chi connectivity index (χ2n) is 4.44. The van der Waals surface area contributed by atoms with E-state index in [1.807, 2.05) is 0 Å². The van der Waals surface area contributed by atoms with Crippen LogP contribution in [0.25, 0.3) is 0 Å². The number of Topliss-reactive ketones (excluding diaryl/α,β-unsaturated/α-hetero) is 1. The van der Waals surface area contributed by atoms with Gasteiger partial charge in [-0.1, -0.05) is 6.42 Å². The Kier molecular flexibility index (Phi) is 5.75. The normalized spacial score (nSPS) is 20.6. The molecule has 108 valence electrons. The first-order valence-electron chi connectivity index (χ1n) is 6.22. The van der Waals surface area contributed by atoms with Crippen LogP contribution in [-0.4, -0.2) is 53.8 Å². The van der Waals surface area contributed by atoms with E-state index < -0.39 is 31.0 Å². The van der Waals surface area contributed by atoms with Crippen molar-refractivity contribution in [2.24, 2.45) is 0 Å². The van der Waals surface area contributed by atoms with Crippen molar-refractivity contribution in [2.45, 2.75) is 44.9 Å². The van der Waals surface area contributed by atoms with Crippen LogP contribution in [-0.2, 0) is 19.1 Å². The van der Waals surface area contributed by atoms with Crippen molar-refractivity contribution in [3.63, 3.8) is 0 Å². The van der Waals surface area contributed by atoms with Gasteiger partial charge in [0.2, 0.25) is 6.29 Å². The zero-order valence-electron chi connectivity index (χ0n) is 11.1. The minimum atomic E-state index is -1.10. The zero-order valence-corrected chi connectivity index (χ0v) is 11.1. The summed E-state index contributed by atoms with van der Waals surface area (Å²) in [5.74, 6) is -0.859. The predicted molar refractivity (Wildman–Crippen MR) is 64.1 cm³/mol. The van der Waals surface area contributed by atoms with Crippen LogP contribution in [0, 0.1) is 0 Å². The highest BCUT2D eigenvalue weighted by Gasteiger charge is 2.30. The number of rotatable bonds is 4. The van der Waals surface area contributed by atoms with Crippen LogP contribution in [0.4, 0.5) is 4.79 Å². The van der Waals surface area contributed by atoms with Gasteiger partial charge in [0.05, 0.1) is 6.04 Å². The van der Waals surface area contributed by atoms with Crippen LogP contribution in [0.15, 0.2) is 0 Å². The maximum absolute atomic E-state index is 11.8. The summed E-state index contributed by atoms with van der Waals surface area (Å²) in [5.41, 5.74) is 0. The molecular weight excluding hydrogens is 254 g/mol. The Bertz CT molecular complexity index is 356. The molecule has 2 atom stereocenters. The summed E-state index contributed by atoms with van der Waals surface area (Å²) in [6.07, 6.45) is 1.00. The van der Waals surface area contributed by atoms with E-state index >= 15 is 0 Å². The second kappa shape index (κ2) is 7.08. The number of likely N-dealkylation sites (N-methyl/N-ethyl adjacent to an activating group) is 1. The number of carbonyl (C=O) groups is 3. The Balaban J connectivity index is 2.47. The standard InChI is InChI=1S/C12H19NO6/c1-8(18-11(16)7-14)19-12(17)13(2)9-5-3-4-6-10(9)15/h8-9,14H,3-7H2,1-2H3. The highest BCUT2D eigenvalue weighted by Crippen LogP contribution is 2.19. The number of amides is 1. The number of aliphatic hydroxyl groups excluding tert-OH is 1. The third kappa shape index (κ3) is 4.51. The van der Waals surface area contributed by atoms with Crippen LogP contribution in [0.3, 0.4) is 0 Å². The summed E-state index contributed by atoms with van der Waals surface area (Å²) in [5, 5.41) is 8.50. The van der Waals surface area contributed by atoms with E-state index in [1.165, 1.54) is 18.9 Å². The number of aliphatic hydroxyl groups is 1. The molecule has 1 aliphatic carbocycles. The highest BCUT2D eigenvalue weighted by molar-refractivity contribution is 5.87. The van der Waals surface area contributed by atoms with Crippen LogP contribution in [0.2, 0.25) is 0 Å². The van der Waals surface area contributed by atoms with Gasteiger partial charge in [-0.3, -0.25) is 4.79 Å². The number of hydrogen-bond donors (Lipinski definition) is 1. The van der Waals surface area contributed by atoms with Crippen molar-refractivity contribution < 1.29 is 29.0 Å². The number of carbonyl (C=O) groups excluding carboxylic acids is 3. The fourth-order valence-electron chi connectivity index (χ4n) is 1.97. The molecule has 7 heteroatoms. The molecule has 1 saturated carbocycles. The fraction of sp³-hybridized carbons (Fsp3) is 0.750. The third-order valence-corrected chi connectivity index (χ3v) is 2.97. The minimum Gasteiger partial charge on any atom is -0.424 e. The molecule has 0 aromatic carbocycles. The van der Waals surface area contributed by atoms with E-state index in [0.29, 0.717) is 12.8 Å². The van der Waals surface area contributed by atoms with Gasteiger partial charge >= 0.3 is 12.1 Å². The number of hydrogen-bond acceptors (Lipinski definition) is 6. The molecule has 19 heavy (non-hydrogen) atoms. The SMILES string of the molecule is CC(OC(=O)CO)OC(=O)N(C)C1CCCCC1=O. The molecule has 1 fully saturated rings. The number of esters is 1. The molecule has 1 amide bonds. The van der Waals surface area contributed by atoms with E-state index in [1.54, 1.807) is 0 Å². The van der Waals surface area contributed by atoms with Crippen molar-refractivity contribution in [3.05, 3.63) is 0 Å². The maximum atomic E-state index is 11.8. The lowest BCUT2D eigenvalue weighted by Crippen LogP contribution is -2.45. The molecule has 2 unspecified atom stereocenters. The topological polar surface area (TPSA) is 93.1 Å². The monoisotopic (exact) mass is 273 g/mol. The molecule has 0 spiro atoms. The van der Waals surface area contributed by atoms with E-state index in [2.05, 4.69) is 4.74 Å². The summed E-state index contributed by atoms with van der Waals surface area (Å²) in [4.78, 5) is 35.5. The maximum Gasteiger partial charge on any atom is 0.413 e. The molecule has 7 nitrogen and oxygen atoms in total. The van der Waals surface area contributed by atoms with Crippen LogP contribution in [0.1, 0.15) is 32.6 Å². The smallest absolute Gasteiger partial charge is 0.413 e. The molecule has 1 rings (SSSR count). The second-order valence-corrected chi connectivity index (χ2v) is 4.44. The quantitative estimate of drug-likeness (QED) is 0.590. The van der Waals surface area contributed by atoms with Gasteiger partial charge in [0, 0.05) is 20.4 Å². The van der Waals surface area contributed by atoms with Crippen LogP contribution < -0.4 is 0 Å². The van der Waals surface area contributed by atoms with Gasteiger partial charge in [0.15, 0.2) is 5.78 Å². The summed E-state index contributed by atoms with van der Waals surface area (Å²) in [6.45, 7) is 0.584. The fourth-order valence-corrected chi connectivity index (χ4v) is 1.97. The molecule has 0 aromatic heterocycles. The zero-order chi connectivity index (χ0) is 14.4. The van der Waals surface area contributed by atoms with Crippen LogP contribution >= 0.6 is 0 Å². The molecule has 0 aromatic rings. The van der Waals surface area contributed by atoms with Crippen LogP contribution in [0.5, 0.6) is 0 Å². The summed E-state index contributed by atoms with van der Waals surface area (Å²) >= 11 is 0. The first-order chi connectivity index (χ1) is 8.95. The van der Waals surface area contributed by atoms with Crippen molar-refractivity contribution in [3.8, 4) is 0 Å². The van der Waals surface area contributed by atoms with Gasteiger partial charge in [0.25, 0.3) is 0 Å². The largest absolute Gasteiger partial charge is 0.424 e. The Morgan fingerprint density at radius 2 is 2.11 bits per heavy atom. The Labute approximate surface area is 111 Å². The summed E-state index contributed by atoms with van der Waals surface area (Å²) in [6, 6.07) is -0.470. The van der Waals surface area contributed by atoms with Gasteiger partial charge in [-0.15, -0.1) is 0 Å². The number of ether oxygens (including phenoxy) is 2. The number of nitrogens with zero attached hydrogens (tertiary/aromatic N) is 1. The first kappa shape index (κ1) is 15.4. The van der Waals surface area contributed by atoms with Gasteiger partial charge in [-0.25, -0.2) is 9.59 Å². The van der Waals surface area contributed by atoms with E-state index in [4.69, 9.17) is 9.84 Å². The van der Waals surface area contributed by atoms with Crippen molar-refractivity contribution in [1.82, 2.24) is 4.90 Å². The Hall–Kier alpha value is -1.63. The Morgan fingerprint density at radius 3 is 2.68 bits per heavy atom. The minimum absolute atomic E-state index is 0.0192. The average Bonchev–Trinajstić information content (AvgIpc) is 2.38. The lowest BCUT2D eigenvalue weighted by Gasteiger charge is -2.29. The lowest BCUT2D eigenvalue weighted by molar-refractivity contribution is -0.169. The molecule has 0 saturated heterocycles. The molecule has 0 bridgehead atoms. The molecule has 0 aliphatic heterocycles. The highest BCUT2D eigenvalue weighted by atomic mass is 16.7. The average molecular weight is 273 g/mol. The lowest BCUT2D eigenvalue weighted by atomic mass is 9.93. The van der Waals surface area contributed by atoms with Gasteiger partial charge < -0.3 is 19.5 Å². The molecule has 0 radical (unpaired) electrons. The molecule has 1 aliphatic rings. The first-order valence-corrected chi connectivity index (χ1v) is 6.22. The van der Waals surface area contributed by atoms with Crippen molar-refractivity contribution in [1.29, 1.82) is 0 Å². The number of ketones is 1. The van der Waals surface area contributed by atoms with Gasteiger partial charge in [0.1, 0.15) is 6.61 Å². The van der Waals surface area contributed by atoms with Gasteiger partial charge in [-0.05, 0) is 12.8 Å². The van der Waals surface area contributed by atoms with Gasteiger partial charge in [-0.2, -0.15) is 0 Å². The summed E-state index contributed by atoms with van der Waals surface area (Å²) < 4.78 is 9.46. The summed E-state index contributed by atoms with van der Waals surface area (Å²) in [7, 11) is 1.48. The van der Waals surface area contributed by atoms with E-state index in [0.717, 1.165) is 12.8 Å². The van der Waals surface area contributed by atoms with Crippen molar-refractivity contribution >= 4 is 17.8 Å². The van der Waals surface area contributed by atoms with Crippen molar-refractivity contribution in [2.75, 3.05) is 13.7 Å². The molecule has 1 N–H and O–H groups in total. The van der Waals surface area contributed by atoms with E-state index in [-0.39, 0.29) is 5.78 Å². The Morgan fingerprint density at radius 1 is 1.42 bits per heavy atom. The molecule has 0 heterocycles. The molecular formula is C12H19NO6. The van der Waals surface area contributed by atoms with E-state index in [9.17, 15) is 14.4 Å². The predicted octanol–water partition coefficient (Wildman–Crippen LogP) is 0.448.